The molecule has 5 N–H and O–H groups in total. The maximum atomic E-state index is 11.3. The molecule has 19 heavy (non-hydrogen) atoms. The average Bonchev–Trinajstić information content (AvgIpc) is 2.87. The lowest BCUT2D eigenvalue weighted by Crippen LogP contribution is -2.14. The minimum Gasteiger partial charge on any atom is -0.398 e. The molecule has 0 bridgehead atoms. The van der Waals surface area contributed by atoms with Gasteiger partial charge in [0, 0.05) is 5.56 Å². The molecule has 0 spiro atoms. The molecule has 0 saturated carbocycles. The Kier molecular flexibility index (Phi) is 2.38. The fourth-order valence-electron chi connectivity index (χ4n) is 1.97. The predicted molar refractivity (Wildman–Crippen MR) is 70.0 cm³/mol. The van der Waals surface area contributed by atoms with Crippen LogP contribution in [0.4, 0.5) is 5.69 Å². The molecule has 0 fully saturated rings. The summed E-state index contributed by atoms with van der Waals surface area (Å²) in [6.45, 7) is 0. The van der Waals surface area contributed by atoms with Gasteiger partial charge in [0.1, 0.15) is 6.33 Å². The molecular weight excluding hydrogens is 244 g/mol. The summed E-state index contributed by atoms with van der Waals surface area (Å²) in [7, 11) is 0. The number of anilines is 1. The number of hydrogen-bond acceptors (Lipinski definition) is 5. The topological polar surface area (TPSA) is 124 Å². The van der Waals surface area contributed by atoms with Crippen LogP contribution in [0.15, 0.2) is 30.7 Å². The van der Waals surface area contributed by atoms with Crippen LogP contribution in [0.2, 0.25) is 0 Å². The van der Waals surface area contributed by atoms with Crippen LogP contribution < -0.4 is 11.5 Å². The van der Waals surface area contributed by atoms with Gasteiger partial charge in [-0.25, -0.2) is 9.97 Å². The van der Waals surface area contributed by atoms with Gasteiger partial charge < -0.3 is 11.5 Å². The zero-order valence-electron chi connectivity index (χ0n) is 9.79. The van der Waals surface area contributed by atoms with E-state index < -0.39 is 5.91 Å². The van der Waals surface area contributed by atoms with Gasteiger partial charge in [0.15, 0.2) is 5.65 Å². The van der Waals surface area contributed by atoms with Crippen molar-refractivity contribution in [1.29, 1.82) is 0 Å². The van der Waals surface area contributed by atoms with E-state index in [4.69, 9.17) is 11.5 Å². The van der Waals surface area contributed by atoms with E-state index in [1.807, 2.05) is 0 Å². The first-order valence-electron chi connectivity index (χ1n) is 5.51. The third kappa shape index (κ3) is 1.68. The van der Waals surface area contributed by atoms with Gasteiger partial charge >= 0.3 is 0 Å². The van der Waals surface area contributed by atoms with Gasteiger partial charge in [0.25, 0.3) is 5.91 Å². The van der Waals surface area contributed by atoms with E-state index in [0.717, 1.165) is 5.39 Å². The second-order valence-corrected chi connectivity index (χ2v) is 3.99. The van der Waals surface area contributed by atoms with Crippen molar-refractivity contribution in [2.45, 2.75) is 0 Å². The van der Waals surface area contributed by atoms with Crippen LogP contribution in [0.3, 0.4) is 0 Å². The highest BCUT2D eigenvalue weighted by atomic mass is 16.1. The molecule has 3 rings (SSSR count). The number of benzene rings is 1. The molecule has 0 aliphatic heterocycles. The summed E-state index contributed by atoms with van der Waals surface area (Å²) in [4.78, 5) is 19.6. The number of amides is 1. The minimum atomic E-state index is -0.572. The molecule has 1 amide bonds. The Morgan fingerprint density at radius 2 is 2.11 bits per heavy atom. The van der Waals surface area contributed by atoms with E-state index in [9.17, 15) is 4.79 Å². The molecule has 0 atom stereocenters. The lowest BCUT2D eigenvalue weighted by Gasteiger charge is -2.08. The first-order chi connectivity index (χ1) is 9.18. The highest BCUT2D eigenvalue weighted by molar-refractivity contribution is 6.03. The maximum Gasteiger partial charge on any atom is 0.250 e. The van der Waals surface area contributed by atoms with Crippen LogP contribution in [0.1, 0.15) is 10.4 Å². The Labute approximate surface area is 107 Å². The van der Waals surface area contributed by atoms with Gasteiger partial charge in [-0.15, -0.1) is 0 Å². The lowest BCUT2D eigenvalue weighted by molar-refractivity contribution is 0.100. The summed E-state index contributed by atoms with van der Waals surface area (Å²) in [5.74, 6) is -0.572. The summed E-state index contributed by atoms with van der Waals surface area (Å²) in [6.07, 6.45) is 3.02. The van der Waals surface area contributed by atoms with Crippen LogP contribution in [0.25, 0.3) is 22.3 Å². The molecule has 0 radical (unpaired) electrons. The molecule has 0 unspecified atom stereocenters. The summed E-state index contributed by atoms with van der Waals surface area (Å²) >= 11 is 0. The third-order valence-corrected chi connectivity index (χ3v) is 2.87. The first kappa shape index (κ1) is 11.1. The van der Waals surface area contributed by atoms with Crippen LogP contribution >= 0.6 is 0 Å². The van der Waals surface area contributed by atoms with Gasteiger partial charge in [-0.05, 0) is 6.07 Å². The van der Waals surface area contributed by atoms with Crippen LogP contribution in [-0.2, 0) is 0 Å². The molecule has 7 heteroatoms. The lowest BCUT2D eigenvalue weighted by atomic mass is 10.0. The fourth-order valence-corrected chi connectivity index (χ4v) is 1.97. The van der Waals surface area contributed by atoms with Crippen molar-refractivity contribution in [2.75, 3.05) is 5.73 Å². The highest BCUT2D eigenvalue weighted by Gasteiger charge is 2.14. The number of carbonyl (C=O) groups excluding carboxylic acids is 1. The molecule has 7 nitrogen and oxygen atoms in total. The van der Waals surface area contributed by atoms with E-state index in [0.29, 0.717) is 22.6 Å². The third-order valence-electron chi connectivity index (χ3n) is 2.87. The van der Waals surface area contributed by atoms with Crippen molar-refractivity contribution >= 4 is 22.6 Å². The van der Waals surface area contributed by atoms with Crippen molar-refractivity contribution in [3.8, 4) is 11.3 Å². The van der Waals surface area contributed by atoms with Crippen molar-refractivity contribution in [3.05, 3.63) is 36.3 Å². The Bertz CT molecular complexity index is 779. The minimum absolute atomic E-state index is 0.271. The number of H-pyrrole nitrogens is 1. The Hall–Kier alpha value is -2.96. The zero-order valence-corrected chi connectivity index (χ0v) is 9.79. The molecule has 0 saturated heterocycles. The van der Waals surface area contributed by atoms with E-state index in [1.165, 1.54) is 6.33 Å². The summed E-state index contributed by atoms with van der Waals surface area (Å²) in [6, 6.07) is 5.06. The second-order valence-electron chi connectivity index (χ2n) is 3.99. The van der Waals surface area contributed by atoms with Gasteiger partial charge in [0.05, 0.1) is 28.5 Å². The number of nitrogens with two attached hydrogens (primary N) is 2. The SMILES string of the molecule is NC(=O)c1cccc(-c2ncnc3[nH]ncc23)c1N. The van der Waals surface area contributed by atoms with Crippen LogP contribution in [-0.4, -0.2) is 26.1 Å². The van der Waals surface area contributed by atoms with Crippen molar-refractivity contribution in [1.82, 2.24) is 20.2 Å². The molecule has 94 valence electrons. The molecule has 3 aromatic rings. The molecule has 1 aromatic carbocycles. The number of para-hydroxylation sites is 1. The van der Waals surface area contributed by atoms with Gasteiger partial charge in [-0.1, -0.05) is 12.1 Å². The summed E-state index contributed by atoms with van der Waals surface area (Å²) in [5, 5.41) is 7.40. The number of hydrogen-bond donors (Lipinski definition) is 3. The van der Waals surface area contributed by atoms with Crippen molar-refractivity contribution < 1.29 is 4.79 Å². The molecule has 0 aliphatic rings. The number of aromatic nitrogens is 4. The number of nitrogen functional groups attached to an aromatic ring is 1. The number of rotatable bonds is 2. The average molecular weight is 254 g/mol. The highest BCUT2D eigenvalue weighted by Crippen LogP contribution is 2.30. The predicted octanol–water partition coefficient (Wildman–Crippen LogP) is 0.701. The standard InChI is InChI=1S/C12H10N6O/c13-9-6(2-1-3-7(9)11(14)19)10-8-4-17-18-12(8)16-5-15-10/h1-5H,13H2,(H2,14,19)(H,15,16,17,18). The number of primary amides is 1. The number of nitrogens with one attached hydrogen (secondary N) is 1. The Balaban J connectivity index is 2.30. The van der Waals surface area contributed by atoms with Gasteiger partial charge in [-0.3, -0.25) is 9.89 Å². The summed E-state index contributed by atoms with van der Waals surface area (Å²) in [5.41, 5.74) is 13.7. The quantitative estimate of drug-likeness (QED) is 0.581. The fraction of sp³-hybridized carbons (Fsp3) is 0. The van der Waals surface area contributed by atoms with E-state index in [-0.39, 0.29) is 5.56 Å². The van der Waals surface area contributed by atoms with Crippen LogP contribution in [0, 0.1) is 0 Å². The molecular formula is C12H10N6O. The number of aromatic amines is 1. The molecule has 0 aliphatic carbocycles. The van der Waals surface area contributed by atoms with Crippen molar-refractivity contribution in [2.24, 2.45) is 5.73 Å². The number of carbonyl (C=O) groups is 1. The molecule has 2 heterocycles. The maximum absolute atomic E-state index is 11.3. The van der Waals surface area contributed by atoms with Crippen molar-refractivity contribution in [3.63, 3.8) is 0 Å². The monoisotopic (exact) mass is 254 g/mol. The largest absolute Gasteiger partial charge is 0.398 e. The number of fused-ring (bicyclic) bond motifs is 1. The van der Waals surface area contributed by atoms with Gasteiger partial charge in [0.2, 0.25) is 0 Å². The summed E-state index contributed by atoms with van der Waals surface area (Å²) < 4.78 is 0. The Morgan fingerprint density at radius 3 is 2.89 bits per heavy atom. The first-order valence-corrected chi connectivity index (χ1v) is 5.51. The van der Waals surface area contributed by atoms with E-state index in [2.05, 4.69) is 20.2 Å². The van der Waals surface area contributed by atoms with Gasteiger partial charge in [-0.2, -0.15) is 5.10 Å². The normalized spacial score (nSPS) is 10.7. The smallest absolute Gasteiger partial charge is 0.250 e. The van der Waals surface area contributed by atoms with Crippen LogP contribution in [0.5, 0.6) is 0 Å². The molecule has 2 aromatic heterocycles. The Morgan fingerprint density at radius 1 is 1.26 bits per heavy atom. The zero-order chi connectivity index (χ0) is 13.4. The van der Waals surface area contributed by atoms with E-state index >= 15 is 0 Å². The number of nitrogens with zero attached hydrogens (tertiary/aromatic N) is 3. The second kappa shape index (κ2) is 4.05. The van der Waals surface area contributed by atoms with E-state index in [1.54, 1.807) is 24.4 Å².